The molecular weight excluding hydrogens is 244 g/mol. The van der Waals surface area contributed by atoms with Crippen molar-refractivity contribution in [2.24, 2.45) is 12.8 Å². The summed E-state index contributed by atoms with van der Waals surface area (Å²) in [6.45, 7) is 0.0922. The number of aromatic nitrogens is 4. The lowest BCUT2D eigenvalue weighted by molar-refractivity contribution is 0.595. The van der Waals surface area contributed by atoms with Gasteiger partial charge in [0.2, 0.25) is 0 Å². The Morgan fingerprint density at radius 1 is 1.59 bits per heavy atom. The number of hydrogen-bond acceptors (Lipinski definition) is 5. The molecule has 17 heavy (non-hydrogen) atoms. The van der Waals surface area contributed by atoms with Crippen LogP contribution in [0, 0.1) is 0 Å². The summed E-state index contributed by atoms with van der Waals surface area (Å²) < 4.78 is 27.8. The maximum Gasteiger partial charge on any atom is 0.280 e. The second kappa shape index (κ2) is 4.18. The number of H-pyrrole nitrogens is 1. The minimum absolute atomic E-state index is 0.0364. The van der Waals surface area contributed by atoms with Gasteiger partial charge in [0.25, 0.3) is 10.0 Å². The van der Waals surface area contributed by atoms with E-state index in [2.05, 4.69) is 20.0 Å². The smallest absolute Gasteiger partial charge is 0.280 e. The number of aryl methyl sites for hydroxylation is 1. The molecule has 2 aromatic rings. The van der Waals surface area contributed by atoms with E-state index in [0.29, 0.717) is 5.56 Å². The van der Waals surface area contributed by atoms with Gasteiger partial charge in [-0.3, -0.25) is 14.5 Å². The average molecular weight is 256 g/mol. The zero-order chi connectivity index (χ0) is 12.5. The molecule has 2 aromatic heterocycles. The fraction of sp³-hybridized carbons (Fsp3) is 0.250. The van der Waals surface area contributed by atoms with Crippen LogP contribution in [-0.2, 0) is 23.6 Å². The van der Waals surface area contributed by atoms with Crippen molar-refractivity contribution in [3.05, 3.63) is 24.0 Å². The zero-order valence-electron chi connectivity index (χ0n) is 9.08. The monoisotopic (exact) mass is 256 g/mol. The lowest BCUT2D eigenvalue weighted by Crippen LogP contribution is -2.16. The van der Waals surface area contributed by atoms with Gasteiger partial charge in [0.05, 0.1) is 6.20 Å². The predicted octanol–water partition coefficient (Wildman–Crippen LogP) is -0.597. The molecule has 0 saturated carbocycles. The highest BCUT2D eigenvalue weighted by Gasteiger charge is 2.20. The maximum absolute atomic E-state index is 12.0. The molecule has 0 aliphatic carbocycles. The molecule has 92 valence electrons. The Morgan fingerprint density at radius 2 is 2.35 bits per heavy atom. The van der Waals surface area contributed by atoms with E-state index in [1.165, 1.54) is 10.9 Å². The van der Waals surface area contributed by atoms with Gasteiger partial charge in [-0.1, -0.05) is 0 Å². The Kier molecular flexibility index (Phi) is 2.86. The average Bonchev–Trinajstić information content (AvgIpc) is 2.86. The molecule has 0 aliphatic heterocycles. The van der Waals surface area contributed by atoms with E-state index in [1.807, 2.05) is 0 Å². The molecule has 0 bridgehead atoms. The molecule has 0 fully saturated rings. The van der Waals surface area contributed by atoms with Gasteiger partial charge in [-0.05, 0) is 0 Å². The van der Waals surface area contributed by atoms with Crippen LogP contribution in [0.2, 0.25) is 0 Å². The Morgan fingerprint density at radius 3 is 2.94 bits per heavy atom. The van der Waals surface area contributed by atoms with Crippen LogP contribution in [-0.4, -0.2) is 28.4 Å². The topological polar surface area (TPSA) is 119 Å². The van der Waals surface area contributed by atoms with E-state index in [9.17, 15) is 8.42 Å². The largest absolute Gasteiger partial charge is 0.326 e. The fourth-order valence-corrected chi connectivity index (χ4v) is 2.48. The van der Waals surface area contributed by atoms with Gasteiger partial charge in [0.1, 0.15) is 0 Å². The van der Waals surface area contributed by atoms with E-state index >= 15 is 0 Å². The van der Waals surface area contributed by atoms with Crippen LogP contribution < -0.4 is 10.5 Å². The normalized spacial score (nSPS) is 11.6. The first-order valence-electron chi connectivity index (χ1n) is 4.77. The van der Waals surface area contributed by atoms with Gasteiger partial charge < -0.3 is 5.73 Å². The standard InChI is InChI=1S/C8H12N6O2S/c1-14-3-2-7(12-14)13-17(15,16)8-6(4-9)5-10-11-8/h2-3,5H,4,9H2,1H3,(H,10,11)(H,12,13). The summed E-state index contributed by atoms with van der Waals surface area (Å²) in [5.74, 6) is 0.241. The Bertz CT molecular complexity index is 614. The van der Waals surface area contributed by atoms with Crippen LogP contribution in [0.25, 0.3) is 0 Å². The highest BCUT2D eigenvalue weighted by atomic mass is 32.2. The van der Waals surface area contributed by atoms with E-state index < -0.39 is 10.0 Å². The molecule has 9 heteroatoms. The molecule has 0 radical (unpaired) electrons. The third-order valence-corrected chi connectivity index (χ3v) is 3.49. The molecule has 4 N–H and O–H groups in total. The molecule has 2 rings (SSSR count). The summed E-state index contributed by atoms with van der Waals surface area (Å²) in [5.41, 5.74) is 5.84. The van der Waals surface area contributed by atoms with Crippen molar-refractivity contribution in [1.82, 2.24) is 20.0 Å². The van der Waals surface area contributed by atoms with E-state index in [1.54, 1.807) is 19.3 Å². The first-order chi connectivity index (χ1) is 8.03. The van der Waals surface area contributed by atoms with Crippen LogP contribution in [0.4, 0.5) is 5.82 Å². The highest BCUT2D eigenvalue weighted by Crippen LogP contribution is 2.15. The van der Waals surface area contributed by atoms with Gasteiger partial charge in [0.15, 0.2) is 10.8 Å². The fourth-order valence-electron chi connectivity index (χ4n) is 1.34. The molecule has 0 aliphatic rings. The van der Waals surface area contributed by atoms with Crippen molar-refractivity contribution in [3.63, 3.8) is 0 Å². The number of nitrogens with two attached hydrogens (primary N) is 1. The van der Waals surface area contributed by atoms with E-state index in [0.717, 1.165) is 0 Å². The number of anilines is 1. The number of aromatic amines is 1. The number of nitrogens with one attached hydrogen (secondary N) is 2. The van der Waals surface area contributed by atoms with Crippen molar-refractivity contribution in [1.29, 1.82) is 0 Å². The van der Waals surface area contributed by atoms with Gasteiger partial charge >= 0.3 is 0 Å². The zero-order valence-corrected chi connectivity index (χ0v) is 9.90. The third kappa shape index (κ3) is 2.29. The quantitative estimate of drug-likeness (QED) is 0.675. The van der Waals surface area contributed by atoms with Crippen LogP contribution >= 0.6 is 0 Å². The SMILES string of the molecule is Cn1ccc(NS(=O)(=O)c2[nH]ncc2CN)n1. The first kappa shape index (κ1) is 11.6. The van der Waals surface area contributed by atoms with Crippen molar-refractivity contribution in [2.75, 3.05) is 4.72 Å². The van der Waals surface area contributed by atoms with E-state index in [4.69, 9.17) is 5.73 Å². The molecule has 0 amide bonds. The second-order valence-electron chi connectivity index (χ2n) is 3.41. The summed E-state index contributed by atoms with van der Waals surface area (Å²) in [6.07, 6.45) is 3.02. The van der Waals surface area contributed by atoms with Gasteiger partial charge in [-0.25, -0.2) is 0 Å². The van der Waals surface area contributed by atoms with Crippen LogP contribution in [0.3, 0.4) is 0 Å². The van der Waals surface area contributed by atoms with Crippen LogP contribution in [0.1, 0.15) is 5.56 Å². The minimum atomic E-state index is -3.72. The summed E-state index contributed by atoms with van der Waals surface area (Å²) in [7, 11) is -2.03. The summed E-state index contributed by atoms with van der Waals surface area (Å²) in [6, 6.07) is 1.55. The van der Waals surface area contributed by atoms with Crippen molar-refractivity contribution < 1.29 is 8.42 Å². The second-order valence-corrected chi connectivity index (χ2v) is 5.03. The molecule has 0 atom stereocenters. The highest BCUT2D eigenvalue weighted by molar-refractivity contribution is 7.92. The Balaban J connectivity index is 2.31. The molecule has 2 heterocycles. The first-order valence-corrected chi connectivity index (χ1v) is 6.26. The number of hydrogen-bond donors (Lipinski definition) is 3. The van der Waals surface area contributed by atoms with Crippen LogP contribution in [0.5, 0.6) is 0 Å². The predicted molar refractivity (Wildman–Crippen MR) is 60.5 cm³/mol. The summed E-state index contributed by atoms with van der Waals surface area (Å²) in [4.78, 5) is 0. The Hall–Kier alpha value is -1.87. The van der Waals surface area contributed by atoms with Crippen molar-refractivity contribution >= 4 is 15.8 Å². The number of nitrogens with zero attached hydrogens (tertiary/aromatic N) is 3. The molecule has 8 nitrogen and oxygen atoms in total. The van der Waals surface area contributed by atoms with Gasteiger partial charge in [-0.15, -0.1) is 0 Å². The van der Waals surface area contributed by atoms with Gasteiger partial charge in [-0.2, -0.15) is 18.6 Å². The molecule has 0 spiro atoms. The molecule has 0 unspecified atom stereocenters. The minimum Gasteiger partial charge on any atom is -0.326 e. The number of sulfonamides is 1. The Labute approximate surface area is 97.9 Å². The maximum atomic E-state index is 12.0. The van der Waals surface area contributed by atoms with E-state index in [-0.39, 0.29) is 17.4 Å². The molecular formula is C8H12N6O2S. The third-order valence-electron chi connectivity index (χ3n) is 2.12. The molecule has 0 aromatic carbocycles. The lowest BCUT2D eigenvalue weighted by atomic mass is 10.4. The van der Waals surface area contributed by atoms with Crippen molar-refractivity contribution in [2.45, 2.75) is 11.6 Å². The van der Waals surface area contributed by atoms with Gasteiger partial charge in [0, 0.05) is 31.4 Å². The number of rotatable bonds is 4. The van der Waals surface area contributed by atoms with Crippen molar-refractivity contribution in [3.8, 4) is 0 Å². The summed E-state index contributed by atoms with van der Waals surface area (Å²) >= 11 is 0. The molecule has 0 saturated heterocycles. The summed E-state index contributed by atoms with van der Waals surface area (Å²) in [5, 5.41) is 9.95. The lowest BCUT2D eigenvalue weighted by Gasteiger charge is -2.04. The van der Waals surface area contributed by atoms with Crippen LogP contribution in [0.15, 0.2) is 23.5 Å².